The number of aliphatic hydroxyl groups is 4. The minimum atomic E-state index is -1.66. The van der Waals surface area contributed by atoms with E-state index in [1.807, 2.05) is 0 Å². The molecule has 0 bridgehead atoms. The standard InChI is InChI=1S/C13H16O9/c14-4-8-9(16)10(17)11(18)13(22-8)21-7-2-1-5(15)3-6(7)12(19)20/h1-3,8-11,13-18H,4H2,(H,19,20)/t8-,9-,10+,11-,13?/m1/s1. The van der Waals surface area contributed by atoms with Crippen molar-refractivity contribution in [3.05, 3.63) is 23.8 Å². The molecule has 1 saturated heterocycles. The Labute approximate surface area is 124 Å². The molecule has 5 atom stereocenters. The first-order valence-electron chi connectivity index (χ1n) is 6.38. The summed E-state index contributed by atoms with van der Waals surface area (Å²) in [6.07, 6.45) is -7.51. The number of phenolic OH excluding ortho intramolecular Hbond substituents is 1. The van der Waals surface area contributed by atoms with Gasteiger partial charge in [0.25, 0.3) is 0 Å². The van der Waals surface area contributed by atoms with Gasteiger partial charge < -0.3 is 40.1 Å². The fraction of sp³-hybridized carbons (Fsp3) is 0.462. The maximum absolute atomic E-state index is 11.1. The summed E-state index contributed by atoms with van der Waals surface area (Å²) >= 11 is 0. The molecule has 2 rings (SSSR count). The van der Waals surface area contributed by atoms with E-state index in [4.69, 9.17) is 19.7 Å². The van der Waals surface area contributed by atoms with E-state index in [9.17, 15) is 25.2 Å². The third kappa shape index (κ3) is 3.13. The van der Waals surface area contributed by atoms with Gasteiger partial charge in [0, 0.05) is 0 Å². The normalized spacial score (nSPS) is 31.7. The van der Waals surface area contributed by atoms with E-state index in [0.717, 1.165) is 12.1 Å². The SMILES string of the molecule is O=C(O)c1cc(O)ccc1OC1O[C@H](CO)[C@@H](O)[C@H](O)[C@H]1O. The van der Waals surface area contributed by atoms with Crippen LogP contribution in [0.2, 0.25) is 0 Å². The number of phenols is 1. The minimum absolute atomic E-state index is 0.213. The zero-order valence-corrected chi connectivity index (χ0v) is 11.2. The van der Waals surface area contributed by atoms with Crippen molar-refractivity contribution in [1.82, 2.24) is 0 Å². The second-order valence-corrected chi connectivity index (χ2v) is 4.80. The molecular weight excluding hydrogens is 300 g/mol. The van der Waals surface area contributed by atoms with Gasteiger partial charge in [-0.1, -0.05) is 0 Å². The van der Waals surface area contributed by atoms with Gasteiger partial charge in [-0.15, -0.1) is 0 Å². The maximum atomic E-state index is 11.1. The van der Waals surface area contributed by atoms with Crippen molar-refractivity contribution in [3.63, 3.8) is 0 Å². The van der Waals surface area contributed by atoms with Gasteiger partial charge in [0.05, 0.1) is 6.61 Å². The summed E-state index contributed by atoms with van der Waals surface area (Å²) < 4.78 is 10.3. The van der Waals surface area contributed by atoms with Crippen LogP contribution in [0.15, 0.2) is 18.2 Å². The lowest BCUT2D eigenvalue weighted by Crippen LogP contribution is -2.60. The zero-order valence-electron chi connectivity index (χ0n) is 11.2. The number of aromatic carboxylic acids is 1. The summed E-state index contributed by atoms with van der Waals surface area (Å²) in [7, 11) is 0. The fourth-order valence-electron chi connectivity index (χ4n) is 2.08. The largest absolute Gasteiger partial charge is 0.508 e. The van der Waals surface area contributed by atoms with Gasteiger partial charge in [-0.2, -0.15) is 0 Å². The van der Waals surface area contributed by atoms with Gasteiger partial charge in [0.2, 0.25) is 6.29 Å². The number of ether oxygens (including phenoxy) is 2. The molecule has 1 fully saturated rings. The highest BCUT2D eigenvalue weighted by atomic mass is 16.7. The summed E-state index contributed by atoms with van der Waals surface area (Å²) in [6, 6.07) is 3.27. The lowest BCUT2D eigenvalue weighted by Gasteiger charge is -2.39. The van der Waals surface area contributed by atoms with Crippen molar-refractivity contribution in [2.45, 2.75) is 30.7 Å². The summed E-state index contributed by atoms with van der Waals surface area (Å²) in [5, 5.41) is 56.5. The number of aliphatic hydroxyl groups excluding tert-OH is 4. The molecule has 122 valence electrons. The molecule has 0 radical (unpaired) electrons. The Morgan fingerprint density at radius 3 is 2.45 bits per heavy atom. The highest BCUT2D eigenvalue weighted by Gasteiger charge is 2.45. The number of hydrogen-bond acceptors (Lipinski definition) is 8. The Balaban J connectivity index is 2.24. The van der Waals surface area contributed by atoms with Gasteiger partial charge in [-0.25, -0.2) is 4.79 Å². The Morgan fingerprint density at radius 2 is 1.86 bits per heavy atom. The second-order valence-electron chi connectivity index (χ2n) is 4.80. The average Bonchev–Trinajstić information content (AvgIpc) is 2.49. The van der Waals surface area contributed by atoms with E-state index in [-0.39, 0.29) is 17.1 Å². The topological polar surface area (TPSA) is 157 Å². The maximum Gasteiger partial charge on any atom is 0.339 e. The van der Waals surface area contributed by atoms with Crippen LogP contribution in [0.25, 0.3) is 0 Å². The van der Waals surface area contributed by atoms with Crippen LogP contribution in [-0.2, 0) is 4.74 Å². The molecule has 1 heterocycles. The summed E-state index contributed by atoms with van der Waals surface area (Å²) in [5.74, 6) is -1.89. The van der Waals surface area contributed by atoms with Crippen molar-refractivity contribution in [2.24, 2.45) is 0 Å². The fourth-order valence-corrected chi connectivity index (χ4v) is 2.08. The number of carbonyl (C=O) groups is 1. The predicted molar refractivity (Wildman–Crippen MR) is 69.5 cm³/mol. The number of carboxylic acid groups (broad SMARTS) is 1. The van der Waals surface area contributed by atoms with Crippen molar-refractivity contribution in [3.8, 4) is 11.5 Å². The summed E-state index contributed by atoms with van der Waals surface area (Å²) in [4.78, 5) is 11.1. The van der Waals surface area contributed by atoms with Crippen molar-refractivity contribution >= 4 is 5.97 Å². The Morgan fingerprint density at radius 1 is 1.18 bits per heavy atom. The monoisotopic (exact) mass is 316 g/mol. The second kappa shape index (κ2) is 6.46. The van der Waals surface area contributed by atoms with Crippen LogP contribution in [0, 0.1) is 0 Å². The van der Waals surface area contributed by atoms with Gasteiger partial charge >= 0.3 is 5.97 Å². The Hall–Kier alpha value is -1.91. The van der Waals surface area contributed by atoms with Crippen molar-refractivity contribution in [1.29, 1.82) is 0 Å². The van der Waals surface area contributed by atoms with E-state index in [0.29, 0.717) is 0 Å². The lowest BCUT2D eigenvalue weighted by molar-refractivity contribution is -0.277. The van der Waals surface area contributed by atoms with Crippen LogP contribution < -0.4 is 4.74 Å². The molecule has 22 heavy (non-hydrogen) atoms. The molecule has 1 aromatic rings. The van der Waals surface area contributed by atoms with E-state index in [1.54, 1.807) is 0 Å². The highest BCUT2D eigenvalue weighted by Crippen LogP contribution is 2.28. The van der Waals surface area contributed by atoms with Gasteiger partial charge in [-0.3, -0.25) is 0 Å². The molecule has 0 spiro atoms. The summed E-state index contributed by atoms with van der Waals surface area (Å²) in [6.45, 7) is -0.633. The highest BCUT2D eigenvalue weighted by molar-refractivity contribution is 5.91. The number of rotatable bonds is 4. The molecule has 0 aromatic heterocycles. The van der Waals surface area contributed by atoms with Crippen LogP contribution >= 0.6 is 0 Å². The quantitative estimate of drug-likeness (QED) is 0.380. The molecule has 9 heteroatoms. The molecule has 9 nitrogen and oxygen atoms in total. The summed E-state index contributed by atoms with van der Waals surface area (Å²) in [5.41, 5.74) is -0.378. The zero-order chi connectivity index (χ0) is 16.4. The third-order valence-corrected chi connectivity index (χ3v) is 3.29. The van der Waals surface area contributed by atoms with Crippen LogP contribution in [-0.4, -0.2) is 73.9 Å². The number of carboxylic acids is 1. The number of aromatic hydroxyl groups is 1. The van der Waals surface area contributed by atoms with Gasteiger partial charge in [0.1, 0.15) is 41.5 Å². The number of hydrogen-bond donors (Lipinski definition) is 6. The molecule has 0 saturated carbocycles. The smallest absolute Gasteiger partial charge is 0.339 e. The minimum Gasteiger partial charge on any atom is -0.508 e. The molecule has 0 aliphatic carbocycles. The van der Waals surface area contributed by atoms with E-state index in [2.05, 4.69) is 0 Å². The average molecular weight is 316 g/mol. The molecule has 1 unspecified atom stereocenters. The van der Waals surface area contributed by atoms with Crippen LogP contribution in [0.3, 0.4) is 0 Å². The van der Waals surface area contributed by atoms with Crippen LogP contribution in [0.1, 0.15) is 10.4 Å². The van der Waals surface area contributed by atoms with E-state index >= 15 is 0 Å². The lowest BCUT2D eigenvalue weighted by atomic mass is 9.99. The molecule has 1 aromatic carbocycles. The first-order chi connectivity index (χ1) is 10.3. The molecule has 6 N–H and O–H groups in total. The molecule has 0 amide bonds. The molecule has 1 aliphatic rings. The predicted octanol–water partition coefficient (Wildman–Crippen LogP) is -1.73. The first kappa shape index (κ1) is 16.5. The van der Waals surface area contributed by atoms with Crippen molar-refractivity contribution < 1.29 is 44.9 Å². The third-order valence-electron chi connectivity index (χ3n) is 3.29. The van der Waals surface area contributed by atoms with Crippen molar-refractivity contribution in [2.75, 3.05) is 6.61 Å². The van der Waals surface area contributed by atoms with Crippen LogP contribution in [0.4, 0.5) is 0 Å². The Bertz CT molecular complexity index is 544. The number of benzene rings is 1. The Kier molecular flexibility index (Phi) is 4.84. The van der Waals surface area contributed by atoms with E-state index in [1.165, 1.54) is 6.07 Å². The first-order valence-corrected chi connectivity index (χ1v) is 6.38. The molecular formula is C13H16O9. The van der Waals surface area contributed by atoms with E-state index < -0.39 is 43.3 Å². The molecule has 1 aliphatic heterocycles. The van der Waals surface area contributed by atoms with Gasteiger partial charge in [0.15, 0.2) is 0 Å². The van der Waals surface area contributed by atoms with Gasteiger partial charge in [-0.05, 0) is 18.2 Å². The van der Waals surface area contributed by atoms with Crippen LogP contribution in [0.5, 0.6) is 11.5 Å².